The zero-order valence-electron chi connectivity index (χ0n) is 12.0. The number of carbonyl (C=O) groups is 1. The van der Waals surface area contributed by atoms with Gasteiger partial charge in [-0.3, -0.25) is 4.79 Å². The summed E-state index contributed by atoms with van der Waals surface area (Å²) in [5.74, 6) is 5.67. The Morgan fingerprint density at radius 3 is 2.95 bits per heavy atom. The number of hydrogen-bond donors (Lipinski definition) is 2. The summed E-state index contributed by atoms with van der Waals surface area (Å²) in [4.78, 5) is 11.9. The molecular formula is C16H21NO3. The molecule has 2 N–H and O–H groups in total. The van der Waals surface area contributed by atoms with Crippen LogP contribution < -0.4 is 5.32 Å². The van der Waals surface area contributed by atoms with Crippen molar-refractivity contribution in [2.24, 2.45) is 5.92 Å². The number of nitrogens with one attached hydrogen (secondary N) is 1. The van der Waals surface area contributed by atoms with Gasteiger partial charge in [-0.15, -0.1) is 0 Å². The van der Waals surface area contributed by atoms with Gasteiger partial charge in [0.15, 0.2) is 0 Å². The van der Waals surface area contributed by atoms with E-state index in [-0.39, 0.29) is 12.5 Å². The summed E-state index contributed by atoms with van der Waals surface area (Å²) in [6.07, 6.45) is 0. The first kappa shape index (κ1) is 16.2. The smallest absolute Gasteiger partial charge is 0.251 e. The Kier molecular flexibility index (Phi) is 7.41. The van der Waals surface area contributed by atoms with Crippen molar-refractivity contribution in [2.45, 2.75) is 13.8 Å². The van der Waals surface area contributed by atoms with Crippen LogP contribution >= 0.6 is 0 Å². The molecule has 1 amide bonds. The first-order chi connectivity index (χ1) is 9.63. The molecule has 0 aliphatic heterocycles. The third-order valence-corrected chi connectivity index (χ3v) is 2.42. The van der Waals surface area contributed by atoms with E-state index >= 15 is 0 Å². The first-order valence-electron chi connectivity index (χ1n) is 6.69. The number of carbonyl (C=O) groups excluding carboxylic acids is 1. The van der Waals surface area contributed by atoms with Gasteiger partial charge in [-0.1, -0.05) is 31.8 Å². The predicted octanol–water partition coefficient (Wildman–Crippen LogP) is 1.43. The van der Waals surface area contributed by atoms with Gasteiger partial charge in [-0.05, 0) is 24.1 Å². The number of benzene rings is 1. The lowest BCUT2D eigenvalue weighted by atomic mass is 10.1. The van der Waals surface area contributed by atoms with E-state index in [4.69, 9.17) is 9.84 Å². The van der Waals surface area contributed by atoms with Crippen LogP contribution in [-0.2, 0) is 4.74 Å². The Balaban J connectivity index is 2.43. The monoisotopic (exact) mass is 275 g/mol. The van der Waals surface area contributed by atoms with Crippen LogP contribution in [0.3, 0.4) is 0 Å². The molecule has 0 saturated carbocycles. The minimum atomic E-state index is -0.191. The topological polar surface area (TPSA) is 58.6 Å². The van der Waals surface area contributed by atoms with E-state index < -0.39 is 0 Å². The van der Waals surface area contributed by atoms with Gasteiger partial charge in [0.2, 0.25) is 0 Å². The Hall–Kier alpha value is -1.83. The molecule has 0 unspecified atom stereocenters. The lowest BCUT2D eigenvalue weighted by molar-refractivity contribution is 0.0886. The second kappa shape index (κ2) is 9.13. The maximum absolute atomic E-state index is 11.9. The highest BCUT2D eigenvalue weighted by Gasteiger charge is 2.04. The van der Waals surface area contributed by atoms with E-state index in [0.717, 1.165) is 0 Å². The molecule has 0 aromatic heterocycles. The van der Waals surface area contributed by atoms with Gasteiger partial charge in [-0.2, -0.15) is 0 Å². The standard InChI is InChI=1S/C16H21NO3/c1-13(2)12-20-10-8-17-16(19)15-7-3-5-14(11-15)6-4-9-18/h3,5,7,11,13,18H,8-10,12H2,1-2H3,(H,17,19). The van der Waals surface area contributed by atoms with Crippen molar-refractivity contribution in [3.05, 3.63) is 35.4 Å². The van der Waals surface area contributed by atoms with E-state index in [1.807, 2.05) is 0 Å². The van der Waals surface area contributed by atoms with Crippen molar-refractivity contribution in [1.29, 1.82) is 0 Å². The van der Waals surface area contributed by atoms with Crippen LogP contribution in [-0.4, -0.2) is 37.4 Å². The second-order valence-corrected chi connectivity index (χ2v) is 4.77. The molecule has 0 spiro atoms. The summed E-state index contributed by atoms with van der Waals surface area (Å²) in [6.45, 7) is 5.66. The zero-order valence-corrected chi connectivity index (χ0v) is 12.0. The lowest BCUT2D eigenvalue weighted by Crippen LogP contribution is -2.27. The number of aliphatic hydroxyl groups is 1. The van der Waals surface area contributed by atoms with Crippen molar-refractivity contribution < 1.29 is 14.6 Å². The first-order valence-corrected chi connectivity index (χ1v) is 6.69. The molecule has 0 fully saturated rings. The Morgan fingerprint density at radius 1 is 1.45 bits per heavy atom. The molecule has 0 saturated heterocycles. The van der Waals surface area contributed by atoms with Crippen LogP contribution in [0.2, 0.25) is 0 Å². The average molecular weight is 275 g/mol. The van der Waals surface area contributed by atoms with E-state index in [0.29, 0.717) is 36.8 Å². The number of aliphatic hydroxyl groups excluding tert-OH is 1. The SMILES string of the molecule is CC(C)COCCNC(=O)c1cccc(C#CCO)c1. The van der Waals surface area contributed by atoms with Crippen molar-refractivity contribution in [1.82, 2.24) is 5.32 Å². The van der Waals surface area contributed by atoms with Crippen molar-refractivity contribution in [3.8, 4) is 11.8 Å². The molecule has 4 heteroatoms. The summed E-state index contributed by atoms with van der Waals surface area (Å²) in [5.41, 5.74) is 1.27. The van der Waals surface area contributed by atoms with Crippen LogP contribution in [0.4, 0.5) is 0 Å². The molecule has 0 aliphatic rings. The molecule has 20 heavy (non-hydrogen) atoms. The fraction of sp³-hybridized carbons (Fsp3) is 0.438. The van der Waals surface area contributed by atoms with Gasteiger partial charge in [-0.25, -0.2) is 0 Å². The third kappa shape index (κ3) is 6.37. The van der Waals surface area contributed by atoms with Crippen LogP contribution in [0.5, 0.6) is 0 Å². The summed E-state index contributed by atoms with van der Waals surface area (Å²) in [5, 5.41) is 11.4. The molecule has 108 valence electrons. The quantitative estimate of drug-likeness (QED) is 0.610. The molecule has 0 radical (unpaired) electrons. The Bertz CT molecular complexity index is 486. The molecule has 0 bridgehead atoms. The number of rotatable bonds is 6. The normalized spacial score (nSPS) is 10.0. The summed E-state index contributed by atoms with van der Waals surface area (Å²) < 4.78 is 5.39. The number of amides is 1. The van der Waals surface area contributed by atoms with Crippen molar-refractivity contribution in [2.75, 3.05) is 26.4 Å². The predicted molar refractivity (Wildman–Crippen MR) is 78.4 cm³/mol. The van der Waals surface area contributed by atoms with Gasteiger partial charge in [0.25, 0.3) is 5.91 Å². The van der Waals surface area contributed by atoms with Gasteiger partial charge in [0.1, 0.15) is 6.61 Å². The van der Waals surface area contributed by atoms with Crippen LogP contribution in [0.15, 0.2) is 24.3 Å². The Labute approximate surface area is 120 Å². The third-order valence-electron chi connectivity index (χ3n) is 2.42. The highest BCUT2D eigenvalue weighted by Crippen LogP contribution is 2.04. The van der Waals surface area contributed by atoms with Gasteiger partial charge < -0.3 is 15.2 Å². The van der Waals surface area contributed by atoms with E-state index in [2.05, 4.69) is 31.0 Å². The molecule has 4 nitrogen and oxygen atoms in total. The zero-order chi connectivity index (χ0) is 14.8. The van der Waals surface area contributed by atoms with E-state index in [9.17, 15) is 4.79 Å². The minimum absolute atomic E-state index is 0.147. The summed E-state index contributed by atoms with van der Waals surface area (Å²) >= 11 is 0. The largest absolute Gasteiger partial charge is 0.384 e. The number of hydrogen-bond acceptors (Lipinski definition) is 3. The molecule has 1 rings (SSSR count). The highest BCUT2D eigenvalue weighted by molar-refractivity contribution is 5.94. The van der Waals surface area contributed by atoms with Gasteiger partial charge in [0.05, 0.1) is 6.61 Å². The highest BCUT2D eigenvalue weighted by atomic mass is 16.5. The average Bonchev–Trinajstić information content (AvgIpc) is 2.44. The van der Waals surface area contributed by atoms with E-state index in [1.54, 1.807) is 24.3 Å². The lowest BCUT2D eigenvalue weighted by Gasteiger charge is -2.08. The minimum Gasteiger partial charge on any atom is -0.384 e. The molecule has 1 aromatic carbocycles. The molecule has 0 aliphatic carbocycles. The van der Waals surface area contributed by atoms with E-state index in [1.165, 1.54) is 0 Å². The maximum atomic E-state index is 11.9. The van der Waals surface area contributed by atoms with Crippen LogP contribution in [0, 0.1) is 17.8 Å². The molecular weight excluding hydrogens is 254 g/mol. The fourth-order valence-electron chi connectivity index (χ4n) is 1.54. The molecule has 1 aromatic rings. The summed E-state index contributed by atoms with van der Waals surface area (Å²) in [6, 6.07) is 7.00. The molecule has 0 heterocycles. The second-order valence-electron chi connectivity index (χ2n) is 4.77. The van der Waals surface area contributed by atoms with Gasteiger partial charge in [0, 0.05) is 24.3 Å². The van der Waals surface area contributed by atoms with Crippen LogP contribution in [0.1, 0.15) is 29.8 Å². The van der Waals surface area contributed by atoms with Gasteiger partial charge >= 0.3 is 0 Å². The maximum Gasteiger partial charge on any atom is 0.251 e. The van der Waals surface area contributed by atoms with Crippen LogP contribution in [0.25, 0.3) is 0 Å². The summed E-state index contributed by atoms with van der Waals surface area (Å²) in [7, 11) is 0. The van der Waals surface area contributed by atoms with Crippen molar-refractivity contribution >= 4 is 5.91 Å². The number of ether oxygens (including phenoxy) is 1. The molecule has 0 atom stereocenters. The van der Waals surface area contributed by atoms with Crippen molar-refractivity contribution in [3.63, 3.8) is 0 Å². The Morgan fingerprint density at radius 2 is 2.25 bits per heavy atom. The fourth-order valence-corrected chi connectivity index (χ4v) is 1.54.